The minimum absolute atomic E-state index is 0.188. The van der Waals surface area contributed by atoms with Gasteiger partial charge in [-0.15, -0.1) is 5.10 Å². The Morgan fingerprint density at radius 3 is 2.76 bits per heavy atom. The Labute approximate surface area is 171 Å². The van der Waals surface area contributed by atoms with E-state index in [0.29, 0.717) is 12.2 Å². The largest absolute Gasteiger partial charge is 0.464 e. The molecule has 0 bridgehead atoms. The Morgan fingerprint density at radius 1 is 1.21 bits per heavy atom. The summed E-state index contributed by atoms with van der Waals surface area (Å²) in [6.07, 6.45) is 7.24. The molecular formula is C23H29N3O3. The van der Waals surface area contributed by atoms with Gasteiger partial charge in [0.05, 0.1) is 5.69 Å². The van der Waals surface area contributed by atoms with Gasteiger partial charge in [-0.3, -0.25) is 9.59 Å². The third-order valence-electron chi connectivity index (χ3n) is 5.31. The van der Waals surface area contributed by atoms with Gasteiger partial charge in [0, 0.05) is 18.7 Å². The highest BCUT2D eigenvalue weighted by Gasteiger charge is 2.16. The van der Waals surface area contributed by atoms with Crippen molar-refractivity contribution < 1.29 is 9.53 Å². The Bertz CT molecular complexity index is 962. The summed E-state index contributed by atoms with van der Waals surface area (Å²) in [5.74, 6) is 0.0487. The van der Waals surface area contributed by atoms with Crippen LogP contribution < -0.4 is 15.6 Å². The lowest BCUT2D eigenvalue weighted by atomic mass is 9.97. The highest BCUT2D eigenvalue weighted by atomic mass is 16.5. The van der Waals surface area contributed by atoms with Crippen LogP contribution in [0.4, 0.5) is 0 Å². The lowest BCUT2D eigenvalue weighted by Gasteiger charge is -2.16. The van der Waals surface area contributed by atoms with Crippen LogP contribution in [0.2, 0.25) is 0 Å². The third kappa shape index (κ3) is 5.56. The first kappa shape index (κ1) is 20.8. The number of hydrogen-bond acceptors (Lipinski definition) is 4. The zero-order chi connectivity index (χ0) is 20.8. The van der Waals surface area contributed by atoms with Gasteiger partial charge in [0.1, 0.15) is 0 Å². The molecule has 3 rings (SSSR count). The highest BCUT2D eigenvalue weighted by Crippen LogP contribution is 2.19. The molecule has 0 unspecified atom stereocenters. The predicted octanol–water partition coefficient (Wildman–Crippen LogP) is 3.62. The second kappa shape index (κ2) is 9.54. The average Bonchev–Trinajstić information content (AvgIpc) is 2.72. The number of nitrogens with one attached hydrogen (secondary N) is 1. The van der Waals surface area contributed by atoms with Gasteiger partial charge < -0.3 is 10.1 Å². The molecule has 1 atom stereocenters. The molecular weight excluding hydrogens is 366 g/mol. The van der Waals surface area contributed by atoms with Gasteiger partial charge in [0.25, 0.3) is 11.5 Å². The Hall–Kier alpha value is -2.89. The first-order chi connectivity index (χ1) is 13.9. The number of aryl methyl sites for hydroxylation is 2. The molecule has 6 heteroatoms. The van der Waals surface area contributed by atoms with E-state index in [1.54, 1.807) is 6.92 Å². The standard InChI is InChI=1S/C23H29N3O3/c1-16-9-10-20(15-17(16)2)26-22(27)12-11-21(25-26)29-18(3)23(28)24-14-13-19-7-5-4-6-8-19/h7,9-12,15,18H,4-6,8,13-14H2,1-3H3,(H,24,28)/t18-/m0/s1. The first-order valence-electron chi connectivity index (χ1n) is 10.2. The summed E-state index contributed by atoms with van der Waals surface area (Å²) in [4.78, 5) is 24.6. The summed E-state index contributed by atoms with van der Waals surface area (Å²) in [7, 11) is 0. The van der Waals surface area contributed by atoms with Crippen molar-refractivity contribution in [1.82, 2.24) is 15.1 Å². The number of nitrogens with zero attached hydrogens (tertiary/aromatic N) is 2. The van der Waals surface area contributed by atoms with Gasteiger partial charge in [0.15, 0.2) is 6.10 Å². The van der Waals surface area contributed by atoms with Crippen molar-refractivity contribution in [3.05, 3.63) is 63.5 Å². The van der Waals surface area contributed by atoms with E-state index in [2.05, 4.69) is 16.5 Å². The van der Waals surface area contributed by atoms with Crippen molar-refractivity contribution in [3.8, 4) is 11.6 Å². The van der Waals surface area contributed by atoms with E-state index in [4.69, 9.17) is 4.74 Å². The molecule has 1 aliphatic carbocycles. The van der Waals surface area contributed by atoms with Gasteiger partial charge in [-0.25, -0.2) is 0 Å². The number of benzene rings is 1. The maximum atomic E-state index is 12.3. The lowest BCUT2D eigenvalue weighted by Crippen LogP contribution is -2.37. The summed E-state index contributed by atoms with van der Waals surface area (Å²) in [6, 6.07) is 8.60. The maximum Gasteiger partial charge on any atom is 0.271 e. The van der Waals surface area contributed by atoms with Gasteiger partial charge in [-0.05, 0) is 76.1 Å². The van der Waals surface area contributed by atoms with E-state index in [1.165, 1.54) is 35.2 Å². The molecule has 1 heterocycles. The molecule has 0 aliphatic heterocycles. The van der Waals surface area contributed by atoms with Gasteiger partial charge in [-0.2, -0.15) is 4.68 Å². The topological polar surface area (TPSA) is 73.2 Å². The molecule has 1 amide bonds. The number of rotatable bonds is 7. The van der Waals surface area contributed by atoms with Gasteiger partial charge in [-0.1, -0.05) is 17.7 Å². The van der Waals surface area contributed by atoms with Crippen LogP contribution in [-0.4, -0.2) is 28.3 Å². The van der Waals surface area contributed by atoms with Crippen LogP contribution in [-0.2, 0) is 4.79 Å². The number of amides is 1. The molecule has 0 radical (unpaired) electrons. The number of ether oxygens (including phenoxy) is 1. The van der Waals surface area contributed by atoms with E-state index < -0.39 is 6.10 Å². The van der Waals surface area contributed by atoms with Crippen molar-refractivity contribution in [1.29, 1.82) is 0 Å². The van der Waals surface area contributed by atoms with Crippen molar-refractivity contribution in [2.45, 2.75) is 59.0 Å². The van der Waals surface area contributed by atoms with Crippen LogP contribution in [0.3, 0.4) is 0 Å². The SMILES string of the molecule is Cc1ccc(-n2nc(O[C@@H](C)C(=O)NCCC3=CCCCC3)ccc2=O)cc1C. The first-order valence-corrected chi connectivity index (χ1v) is 10.2. The van der Waals surface area contributed by atoms with E-state index >= 15 is 0 Å². The van der Waals surface area contributed by atoms with Crippen molar-refractivity contribution in [3.63, 3.8) is 0 Å². The second-order valence-electron chi connectivity index (χ2n) is 7.60. The van der Waals surface area contributed by atoms with Gasteiger partial charge in [0.2, 0.25) is 5.88 Å². The van der Waals surface area contributed by atoms with Crippen LogP contribution in [0.25, 0.3) is 5.69 Å². The fourth-order valence-corrected chi connectivity index (χ4v) is 3.36. The minimum Gasteiger partial charge on any atom is -0.464 e. The van der Waals surface area contributed by atoms with Crippen LogP contribution in [0.1, 0.15) is 50.2 Å². The Balaban J connectivity index is 1.61. The Kier molecular flexibility index (Phi) is 6.86. The molecule has 1 aromatic heterocycles. The molecule has 6 nitrogen and oxygen atoms in total. The molecule has 0 saturated carbocycles. The van der Waals surface area contributed by atoms with Crippen molar-refractivity contribution >= 4 is 5.91 Å². The van der Waals surface area contributed by atoms with Crippen molar-refractivity contribution in [2.24, 2.45) is 0 Å². The van der Waals surface area contributed by atoms with E-state index in [9.17, 15) is 9.59 Å². The monoisotopic (exact) mass is 395 g/mol. The highest BCUT2D eigenvalue weighted by molar-refractivity contribution is 5.80. The fraction of sp³-hybridized carbons (Fsp3) is 0.435. The fourth-order valence-electron chi connectivity index (χ4n) is 3.36. The molecule has 0 saturated heterocycles. The maximum absolute atomic E-state index is 12.3. The molecule has 29 heavy (non-hydrogen) atoms. The summed E-state index contributed by atoms with van der Waals surface area (Å²) >= 11 is 0. The zero-order valence-electron chi connectivity index (χ0n) is 17.4. The van der Waals surface area contributed by atoms with Crippen molar-refractivity contribution in [2.75, 3.05) is 6.54 Å². The average molecular weight is 396 g/mol. The van der Waals surface area contributed by atoms with Crippen LogP contribution in [0.15, 0.2) is 46.8 Å². The zero-order valence-corrected chi connectivity index (χ0v) is 17.4. The third-order valence-corrected chi connectivity index (χ3v) is 5.31. The van der Waals surface area contributed by atoms with E-state index in [1.807, 2.05) is 32.0 Å². The lowest BCUT2D eigenvalue weighted by molar-refractivity contribution is -0.127. The van der Waals surface area contributed by atoms with Crippen LogP contribution in [0, 0.1) is 13.8 Å². The second-order valence-corrected chi connectivity index (χ2v) is 7.60. The summed E-state index contributed by atoms with van der Waals surface area (Å²) < 4.78 is 6.99. The minimum atomic E-state index is -0.700. The summed E-state index contributed by atoms with van der Waals surface area (Å²) in [6.45, 7) is 6.29. The normalized spacial score (nSPS) is 14.8. The molecule has 0 fully saturated rings. The smallest absolute Gasteiger partial charge is 0.271 e. The predicted molar refractivity (Wildman–Crippen MR) is 114 cm³/mol. The molecule has 1 N–H and O–H groups in total. The number of hydrogen-bond donors (Lipinski definition) is 1. The number of carbonyl (C=O) groups excluding carboxylic acids is 1. The van der Waals surface area contributed by atoms with E-state index in [0.717, 1.165) is 30.4 Å². The van der Waals surface area contributed by atoms with E-state index in [-0.39, 0.29) is 17.3 Å². The Morgan fingerprint density at radius 2 is 2.03 bits per heavy atom. The van der Waals surface area contributed by atoms with Gasteiger partial charge >= 0.3 is 0 Å². The number of aromatic nitrogens is 2. The summed E-state index contributed by atoms with van der Waals surface area (Å²) in [5, 5.41) is 7.20. The quantitative estimate of drug-likeness (QED) is 0.727. The molecule has 1 aliphatic rings. The number of carbonyl (C=O) groups is 1. The number of allylic oxidation sites excluding steroid dienone is 1. The molecule has 154 valence electrons. The van der Waals surface area contributed by atoms with Crippen LogP contribution >= 0.6 is 0 Å². The molecule has 2 aromatic rings. The molecule has 1 aromatic carbocycles. The summed E-state index contributed by atoms with van der Waals surface area (Å²) in [5.41, 5.74) is 4.05. The van der Waals surface area contributed by atoms with Crippen LogP contribution in [0.5, 0.6) is 5.88 Å². The molecule has 0 spiro atoms.